The van der Waals surface area contributed by atoms with Gasteiger partial charge in [0.1, 0.15) is 11.4 Å². The van der Waals surface area contributed by atoms with Gasteiger partial charge in [-0.3, -0.25) is 14.5 Å². The van der Waals surface area contributed by atoms with Crippen molar-refractivity contribution < 1.29 is 19.1 Å². The second kappa shape index (κ2) is 8.73. The Balaban J connectivity index is 1.77. The normalized spacial score (nSPS) is 15.0. The molecule has 10 heteroatoms. The fourth-order valence-corrected chi connectivity index (χ4v) is 3.29. The highest BCUT2D eigenvalue weighted by molar-refractivity contribution is 6.35. The Labute approximate surface area is 181 Å². The van der Waals surface area contributed by atoms with Crippen LogP contribution in [0.2, 0.25) is 15.1 Å². The number of nitrogens with two attached hydrogens (primary N) is 1. The number of carbonyl (C=O) groups excluding carboxylic acids is 3. The van der Waals surface area contributed by atoms with Gasteiger partial charge in [0, 0.05) is 10.0 Å². The number of carbonyl (C=O) groups is 3. The zero-order chi connectivity index (χ0) is 21.1. The van der Waals surface area contributed by atoms with Gasteiger partial charge >= 0.3 is 6.03 Å². The topological polar surface area (TPSA) is 102 Å². The average Bonchev–Trinajstić information content (AvgIpc) is 2.90. The maximum Gasteiger partial charge on any atom is 0.329 e. The molecule has 1 aliphatic heterocycles. The molecule has 0 unspecified atom stereocenters. The van der Waals surface area contributed by atoms with Crippen LogP contribution in [0.5, 0.6) is 5.75 Å². The van der Waals surface area contributed by atoms with Crippen LogP contribution in [0.4, 0.5) is 4.79 Å². The number of nitrogens with one attached hydrogen (secondary N) is 1. The molecule has 2 aromatic rings. The lowest BCUT2D eigenvalue weighted by Crippen LogP contribution is -2.30. The zero-order valence-electron chi connectivity index (χ0n) is 14.7. The lowest BCUT2D eigenvalue weighted by molar-refractivity contribution is -0.123. The van der Waals surface area contributed by atoms with Crippen molar-refractivity contribution in [3.05, 3.63) is 68.3 Å². The van der Waals surface area contributed by atoms with Crippen molar-refractivity contribution in [1.82, 2.24) is 10.2 Å². The number of primary amides is 1. The first-order valence-electron chi connectivity index (χ1n) is 8.23. The molecular weight excluding hydrogens is 441 g/mol. The number of urea groups is 1. The van der Waals surface area contributed by atoms with Crippen molar-refractivity contribution in [3.8, 4) is 5.75 Å². The fourth-order valence-electron chi connectivity index (χ4n) is 2.57. The van der Waals surface area contributed by atoms with Gasteiger partial charge in [0.2, 0.25) is 0 Å². The van der Waals surface area contributed by atoms with Gasteiger partial charge in [-0.15, -0.1) is 0 Å². The third-order valence-electron chi connectivity index (χ3n) is 3.94. The summed E-state index contributed by atoms with van der Waals surface area (Å²) in [6.07, 6.45) is 1.48. The summed E-state index contributed by atoms with van der Waals surface area (Å²) < 4.78 is 5.17. The quantitative estimate of drug-likeness (QED) is 0.514. The first kappa shape index (κ1) is 21.0. The minimum absolute atomic E-state index is 0.00133. The Kier molecular flexibility index (Phi) is 6.32. The molecule has 150 valence electrons. The van der Waals surface area contributed by atoms with Crippen LogP contribution in [0.3, 0.4) is 0 Å². The van der Waals surface area contributed by atoms with Gasteiger partial charge in [0.25, 0.3) is 11.8 Å². The molecular formula is C19H14Cl3N3O4. The summed E-state index contributed by atoms with van der Waals surface area (Å²) in [5.74, 6) is -0.869. The summed E-state index contributed by atoms with van der Waals surface area (Å²) in [7, 11) is 0. The monoisotopic (exact) mass is 453 g/mol. The molecule has 0 radical (unpaired) electrons. The van der Waals surface area contributed by atoms with Crippen LogP contribution in [-0.4, -0.2) is 29.4 Å². The second-order valence-corrected chi connectivity index (χ2v) is 7.31. The predicted molar refractivity (Wildman–Crippen MR) is 110 cm³/mol. The summed E-state index contributed by atoms with van der Waals surface area (Å²) in [6, 6.07) is 8.93. The summed E-state index contributed by atoms with van der Waals surface area (Å²) >= 11 is 18.1. The van der Waals surface area contributed by atoms with E-state index in [-0.39, 0.29) is 29.6 Å². The standard InChI is InChI=1S/C19H14Cl3N3O4/c20-12-3-2-11(13(21)7-12)8-25-18(27)15(24-19(25)28)6-10-1-4-16(14(22)5-10)29-9-17(23)26/h1-7H,8-9H2,(H2,23,26)(H,24,28). The van der Waals surface area contributed by atoms with Crippen molar-refractivity contribution >= 4 is 58.7 Å². The number of benzene rings is 2. The maximum atomic E-state index is 12.6. The SMILES string of the molecule is NC(=O)COc1ccc(C=C2NC(=O)N(Cc3ccc(Cl)cc3Cl)C2=O)cc1Cl. The summed E-state index contributed by atoms with van der Waals surface area (Å²) in [5.41, 5.74) is 6.25. The van der Waals surface area contributed by atoms with Crippen molar-refractivity contribution in [1.29, 1.82) is 0 Å². The van der Waals surface area contributed by atoms with Crippen LogP contribution in [0.1, 0.15) is 11.1 Å². The first-order chi connectivity index (χ1) is 13.7. The van der Waals surface area contributed by atoms with Crippen LogP contribution < -0.4 is 15.8 Å². The average molecular weight is 455 g/mol. The molecule has 0 aromatic heterocycles. The molecule has 29 heavy (non-hydrogen) atoms. The lowest BCUT2D eigenvalue weighted by Gasteiger charge is -2.13. The summed E-state index contributed by atoms with van der Waals surface area (Å²) in [6.45, 7) is -0.310. The molecule has 7 nitrogen and oxygen atoms in total. The highest BCUT2D eigenvalue weighted by Crippen LogP contribution is 2.28. The number of imide groups is 1. The molecule has 4 amide bonds. The smallest absolute Gasteiger partial charge is 0.329 e. The van der Waals surface area contributed by atoms with E-state index in [9.17, 15) is 14.4 Å². The summed E-state index contributed by atoms with van der Waals surface area (Å²) in [5, 5.41) is 3.56. The van der Waals surface area contributed by atoms with Crippen LogP contribution in [0.25, 0.3) is 6.08 Å². The lowest BCUT2D eigenvalue weighted by atomic mass is 10.1. The van der Waals surface area contributed by atoms with E-state index in [1.165, 1.54) is 24.3 Å². The maximum absolute atomic E-state index is 12.6. The molecule has 1 aliphatic rings. The Hall–Kier alpha value is -2.74. The molecule has 1 heterocycles. The van der Waals surface area contributed by atoms with Crippen LogP contribution in [0, 0.1) is 0 Å². The largest absolute Gasteiger partial charge is 0.482 e. The van der Waals surface area contributed by atoms with Gasteiger partial charge in [-0.2, -0.15) is 0 Å². The third-order valence-corrected chi connectivity index (χ3v) is 4.83. The molecule has 0 bridgehead atoms. The minimum atomic E-state index is -0.632. The highest BCUT2D eigenvalue weighted by Gasteiger charge is 2.33. The number of rotatable bonds is 6. The van der Waals surface area contributed by atoms with Gasteiger partial charge < -0.3 is 15.8 Å². The zero-order valence-corrected chi connectivity index (χ0v) is 17.0. The molecule has 1 fully saturated rings. The molecule has 3 rings (SSSR count). The predicted octanol–water partition coefficient (Wildman–Crippen LogP) is 3.60. The molecule has 0 spiro atoms. The Morgan fingerprint density at radius 3 is 2.52 bits per heavy atom. The van der Waals surface area contributed by atoms with E-state index >= 15 is 0 Å². The minimum Gasteiger partial charge on any atom is -0.482 e. The van der Waals surface area contributed by atoms with E-state index in [1.807, 2.05) is 0 Å². The number of nitrogens with zero attached hydrogens (tertiary/aromatic N) is 1. The van der Waals surface area contributed by atoms with E-state index < -0.39 is 17.8 Å². The van der Waals surface area contributed by atoms with Gasteiger partial charge in [-0.25, -0.2) is 4.79 Å². The number of amides is 4. The van der Waals surface area contributed by atoms with Crippen LogP contribution in [-0.2, 0) is 16.1 Å². The summed E-state index contributed by atoms with van der Waals surface area (Å²) in [4.78, 5) is 36.7. The Morgan fingerprint density at radius 2 is 1.86 bits per heavy atom. The van der Waals surface area contributed by atoms with Crippen molar-refractivity contribution in [2.24, 2.45) is 5.73 Å². The molecule has 1 saturated heterocycles. The van der Waals surface area contributed by atoms with E-state index in [2.05, 4.69) is 5.32 Å². The number of hydrogen-bond acceptors (Lipinski definition) is 4. The molecule has 2 aromatic carbocycles. The Bertz CT molecular complexity index is 1040. The van der Waals surface area contributed by atoms with Crippen molar-refractivity contribution in [2.45, 2.75) is 6.54 Å². The van der Waals surface area contributed by atoms with Crippen molar-refractivity contribution in [2.75, 3.05) is 6.61 Å². The fraction of sp³-hybridized carbons (Fsp3) is 0.105. The first-order valence-corrected chi connectivity index (χ1v) is 9.37. The van der Waals surface area contributed by atoms with Gasteiger partial charge in [0.15, 0.2) is 6.61 Å². The molecule has 3 N–H and O–H groups in total. The highest BCUT2D eigenvalue weighted by atomic mass is 35.5. The molecule has 0 atom stereocenters. The van der Waals surface area contributed by atoms with Crippen LogP contribution >= 0.6 is 34.8 Å². The van der Waals surface area contributed by atoms with Gasteiger partial charge in [-0.1, -0.05) is 46.9 Å². The van der Waals surface area contributed by atoms with E-state index in [0.29, 0.717) is 21.2 Å². The van der Waals surface area contributed by atoms with E-state index in [0.717, 1.165) is 4.90 Å². The van der Waals surface area contributed by atoms with E-state index in [1.54, 1.807) is 18.2 Å². The number of ether oxygens (including phenoxy) is 1. The second-order valence-electron chi connectivity index (χ2n) is 6.06. The number of halogens is 3. The molecule has 0 aliphatic carbocycles. The van der Waals surface area contributed by atoms with Crippen LogP contribution in [0.15, 0.2) is 42.1 Å². The van der Waals surface area contributed by atoms with Gasteiger partial charge in [-0.05, 0) is 41.5 Å². The molecule has 0 saturated carbocycles. The van der Waals surface area contributed by atoms with E-state index in [4.69, 9.17) is 45.3 Å². The Morgan fingerprint density at radius 1 is 1.10 bits per heavy atom. The van der Waals surface area contributed by atoms with Gasteiger partial charge in [0.05, 0.1) is 11.6 Å². The van der Waals surface area contributed by atoms with Crippen molar-refractivity contribution in [3.63, 3.8) is 0 Å². The third kappa shape index (κ3) is 5.00. The number of hydrogen-bond donors (Lipinski definition) is 2.